The normalized spacial score (nSPS) is 14.0. The zero-order valence-corrected chi connectivity index (χ0v) is 14.8. The molecule has 0 atom stereocenters. The van der Waals surface area contributed by atoms with Crippen LogP contribution in [-0.2, 0) is 4.79 Å². The van der Waals surface area contributed by atoms with E-state index < -0.39 is 0 Å². The minimum atomic E-state index is -0.129. The van der Waals surface area contributed by atoms with E-state index in [0.717, 1.165) is 29.3 Å². The third-order valence-corrected chi connectivity index (χ3v) is 5.24. The van der Waals surface area contributed by atoms with Gasteiger partial charge in [0.25, 0.3) is 5.24 Å². The molecule has 1 fully saturated rings. The average molecular weight is 363 g/mol. The van der Waals surface area contributed by atoms with Gasteiger partial charge in [-0.25, -0.2) is 4.98 Å². The van der Waals surface area contributed by atoms with Crippen LogP contribution < -0.4 is 10.1 Å². The first-order chi connectivity index (χ1) is 11.7. The average Bonchev–Trinajstić information content (AvgIpc) is 3.22. The zero-order valence-electron chi connectivity index (χ0n) is 13.2. The summed E-state index contributed by atoms with van der Waals surface area (Å²) in [5, 5.41) is 5.31. The highest BCUT2D eigenvalue weighted by molar-refractivity contribution is 8.13. The number of nitrogens with one attached hydrogen (secondary N) is 1. The van der Waals surface area contributed by atoms with Crippen molar-refractivity contribution < 1.29 is 14.3 Å². The first-order valence-corrected chi connectivity index (χ1v) is 9.34. The van der Waals surface area contributed by atoms with Crippen molar-refractivity contribution in [3.8, 4) is 17.0 Å². The molecular formula is C16H17N3O3S2. The molecule has 1 aliphatic heterocycles. The summed E-state index contributed by atoms with van der Waals surface area (Å²) < 4.78 is 5.14. The lowest BCUT2D eigenvalue weighted by Gasteiger charge is -2.13. The summed E-state index contributed by atoms with van der Waals surface area (Å²) in [7, 11) is 1.62. The van der Waals surface area contributed by atoms with Crippen LogP contribution in [0.1, 0.15) is 6.42 Å². The number of hydrogen-bond donors (Lipinski definition) is 1. The molecule has 126 valence electrons. The van der Waals surface area contributed by atoms with Gasteiger partial charge in [0.15, 0.2) is 5.13 Å². The van der Waals surface area contributed by atoms with Crippen molar-refractivity contribution >= 4 is 39.4 Å². The molecule has 1 aliphatic rings. The van der Waals surface area contributed by atoms with Gasteiger partial charge in [-0.2, -0.15) is 0 Å². The number of rotatable bonds is 6. The highest BCUT2D eigenvalue weighted by Crippen LogP contribution is 2.26. The topological polar surface area (TPSA) is 71.5 Å². The van der Waals surface area contributed by atoms with Gasteiger partial charge in [-0.3, -0.25) is 9.59 Å². The molecule has 0 unspecified atom stereocenters. The second-order valence-electron chi connectivity index (χ2n) is 5.17. The summed E-state index contributed by atoms with van der Waals surface area (Å²) >= 11 is 2.68. The van der Waals surface area contributed by atoms with Gasteiger partial charge in [0.05, 0.1) is 12.8 Å². The Morgan fingerprint density at radius 1 is 1.38 bits per heavy atom. The highest BCUT2D eigenvalue weighted by atomic mass is 32.2. The Morgan fingerprint density at radius 3 is 2.83 bits per heavy atom. The minimum absolute atomic E-state index is 0.0545. The number of thioether (sulfide) groups is 1. The van der Waals surface area contributed by atoms with Crippen LogP contribution in [0.4, 0.5) is 9.93 Å². The number of ether oxygens (including phenoxy) is 1. The Kier molecular flexibility index (Phi) is 5.37. The van der Waals surface area contributed by atoms with Crippen molar-refractivity contribution in [3.05, 3.63) is 29.6 Å². The lowest BCUT2D eigenvalue weighted by atomic mass is 10.2. The molecule has 0 bridgehead atoms. The van der Waals surface area contributed by atoms with Crippen LogP contribution in [-0.4, -0.2) is 47.0 Å². The summed E-state index contributed by atoms with van der Waals surface area (Å²) in [6.45, 7) is 1.17. The molecule has 0 saturated carbocycles. The Bertz CT molecular complexity index is 730. The van der Waals surface area contributed by atoms with Crippen molar-refractivity contribution in [2.45, 2.75) is 6.42 Å². The number of carbonyl (C=O) groups excluding carboxylic acids is 2. The molecule has 2 amide bonds. The molecule has 2 heterocycles. The Hall–Kier alpha value is -2.06. The Balaban J connectivity index is 1.55. The first kappa shape index (κ1) is 16.8. The quantitative estimate of drug-likeness (QED) is 0.852. The monoisotopic (exact) mass is 363 g/mol. The van der Waals surface area contributed by atoms with Crippen LogP contribution in [0, 0.1) is 0 Å². The fraction of sp³-hybridized carbons (Fsp3) is 0.312. The maximum absolute atomic E-state index is 12.0. The maximum Gasteiger partial charge on any atom is 0.281 e. The van der Waals surface area contributed by atoms with E-state index >= 15 is 0 Å². The van der Waals surface area contributed by atoms with Gasteiger partial charge in [0.1, 0.15) is 5.75 Å². The molecular weight excluding hydrogens is 346 g/mol. The molecule has 1 N–H and O–H groups in total. The Morgan fingerprint density at radius 2 is 2.17 bits per heavy atom. The highest BCUT2D eigenvalue weighted by Gasteiger charge is 2.21. The van der Waals surface area contributed by atoms with E-state index in [-0.39, 0.29) is 17.6 Å². The van der Waals surface area contributed by atoms with E-state index in [1.807, 2.05) is 29.6 Å². The van der Waals surface area contributed by atoms with E-state index in [1.165, 1.54) is 23.1 Å². The summed E-state index contributed by atoms with van der Waals surface area (Å²) in [6.07, 6.45) is 0.281. The summed E-state index contributed by atoms with van der Waals surface area (Å²) in [5.74, 6) is 1.46. The molecule has 3 rings (SSSR count). The van der Waals surface area contributed by atoms with E-state index in [4.69, 9.17) is 4.74 Å². The van der Waals surface area contributed by atoms with Crippen LogP contribution in [0.15, 0.2) is 29.6 Å². The number of nitrogens with zero attached hydrogens (tertiary/aromatic N) is 2. The standard InChI is InChI=1S/C16H17N3O3S2/c1-22-12-4-2-11(3-5-12)13-10-24-15(17-13)18-14(20)6-7-19-8-9-23-16(19)21/h2-5,10H,6-9H2,1H3,(H,17,18,20). The van der Waals surface area contributed by atoms with E-state index in [2.05, 4.69) is 10.3 Å². The summed E-state index contributed by atoms with van der Waals surface area (Å²) in [6, 6.07) is 7.60. The number of benzene rings is 1. The van der Waals surface area contributed by atoms with Crippen molar-refractivity contribution in [2.75, 3.05) is 31.3 Å². The second-order valence-corrected chi connectivity index (χ2v) is 7.07. The van der Waals surface area contributed by atoms with Crippen molar-refractivity contribution in [2.24, 2.45) is 0 Å². The zero-order chi connectivity index (χ0) is 16.9. The fourth-order valence-electron chi connectivity index (χ4n) is 2.27. The lowest BCUT2D eigenvalue weighted by molar-refractivity contribution is -0.116. The van der Waals surface area contributed by atoms with Crippen molar-refractivity contribution in [1.29, 1.82) is 0 Å². The van der Waals surface area contributed by atoms with Crippen LogP contribution in [0.5, 0.6) is 5.75 Å². The molecule has 2 aromatic rings. The number of anilines is 1. The third kappa shape index (κ3) is 4.07. The van der Waals surface area contributed by atoms with Gasteiger partial charge in [0.2, 0.25) is 5.91 Å². The van der Waals surface area contributed by atoms with Gasteiger partial charge in [0, 0.05) is 36.2 Å². The van der Waals surface area contributed by atoms with Crippen LogP contribution in [0.3, 0.4) is 0 Å². The molecule has 0 spiro atoms. The lowest BCUT2D eigenvalue weighted by Crippen LogP contribution is -2.27. The molecule has 0 aliphatic carbocycles. The molecule has 1 saturated heterocycles. The predicted octanol–water partition coefficient (Wildman–Crippen LogP) is 3.32. The maximum atomic E-state index is 12.0. The predicted molar refractivity (Wildman–Crippen MR) is 96.8 cm³/mol. The number of aromatic nitrogens is 1. The smallest absolute Gasteiger partial charge is 0.281 e. The summed E-state index contributed by atoms with van der Waals surface area (Å²) in [4.78, 5) is 29.6. The van der Waals surface area contributed by atoms with Gasteiger partial charge in [-0.1, -0.05) is 11.8 Å². The molecule has 1 aromatic carbocycles. The minimum Gasteiger partial charge on any atom is -0.497 e. The van der Waals surface area contributed by atoms with E-state index in [1.54, 1.807) is 12.0 Å². The number of methoxy groups -OCH3 is 1. The number of thiazole rings is 1. The van der Waals surface area contributed by atoms with E-state index in [0.29, 0.717) is 11.7 Å². The number of amides is 2. The molecule has 1 aromatic heterocycles. The number of hydrogen-bond acceptors (Lipinski definition) is 6. The number of carbonyl (C=O) groups is 2. The Labute approximate surface area is 148 Å². The summed E-state index contributed by atoms with van der Waals surface area (Å²) in [5.41, 5.74) is 1.77. The molecule has 6 nitrogen and oxygen atoms in total. The molecule has 8 heteroatoms. The van der Waals surface area contributed by atoms with E-state index in [9.17, 15) is 9.59 Å². The van der Waals surface area contributed by atoms with Gasteiger partial charge in [-0.05, 0) is 24.3 Å². The van der Waals surface area contributed by atoms with Crippen LogP contribution in [0.25, 0.3) is 11.3 Å². The van der Waals surface area contributed by atoms with Crippen LogP contribution in [0.2, 0.25) is 0 Å². The van der Waals surface area contributed by atoms with Gasteiger partial charge < -0.3 is 15.0 Å². The molecule has 0 radical (unpaired) electrons. The first-order valence-electron chi connectivity index (χ1n) is 7.47. The van der Waals surface area contributed by atoms with Crippen LogP contribution >= 0.6 is 23.1 Å². The largest absolute Gasteiger partial charge is 0.497 e. The van der Waals surface area contributed by atoms with Crippen molar-refractivity contribution in [3.63, 3.8) is 0 Å². The third-order valence-electron chi connectivity index (χ3n) is 3.59. The second kappa shape index (κ2) is 7.67. The molecule has 24 heavy (non-hydrogen) atoms. The van der Waals surface area contributed by atoms with Gasteiger partial charge >= 0.3 is 0 Å². The SMILES string of the molecule is COc1ccc(-c2csc(NC(=O)CCN3CCSC3=O)n2)cc1. The van der Waals surface area contributed by atoms with Gasteiger partial charge in [-0.15, -0.1) is 11.3 Å². The van der Waals surface area contributed by atoms with Crippen molar-refractivity contribution in [1.82, 2.24) is 9.88 Å². The fourth-order valence-corrected chi connectivity index (χ4v) is 3.86.